The highest BCUT2D eigenvalue weighted by Gasteiger charge is 2.93. The topological polar surface area (TPSA) is 166 Å². The minimum atomic E-state index is -1.88. The number of benzene rings is 2. The number of hydrogen-bond donors (Lipinski definition) is 5. The van der Waals surface area contributed by atoms with Gasteiger partial charge in [-0.1, -0.05) is 54.1 Å². The maximum absolute atomic E-state index is 15.0. The molecule has 11 unspecified atom stereocenters. The monoisotopic (exact) mass is 740 g/mol. The molecule has 12 rings (SSSR count). The number of hydrogen-bond acceptors (Lipinski definition) is 13. The number of carbonyl (C=O) groups is 4. The molecular formula is C32H32N6O7S4. The third kappa shape index (κ3) is 2.63. The fourth-order valence-corrected chi connectivity index (χ4v) is 18.5. The van der Waals surface area contributed by atoms with Crippen LogP contribution in [0.3, 0.4) is 0 Å². The van der Waals surface area contributed by atoms with Gasteiger partial charge in [-0.15, -0.1) is 0 Å². The van der Waals surface area contributed by atoms with E-state index >= 15 is 0 Å². The van der Waals surface area contributed by atoms with Crippen LogP contribution < -0.4 is 10.6 Å². The molecule has 4 amide bonds. The molecule has 256 valence electrons. The Morgan fingerprint density at radius 2 is 1.18 bits per heavy atom. The first-order valence-corrected chi connectivity index (χ1v) is 20.4. The Labute approximate surface area is 296 Å². The van der Waals surface area contributed by atoms with Crippen LogP contribution >= 0.6 is 43.2 Å². The van der Waals surface area contributed by atoms with Crippen molar-refractivity contribution in [3.8, 4) is 0 Å². The molecule has 0 saturated carbocycles. The molecule has 8 saturated heterocycles. The predicted molar refractivity (Wildman–Crippen MR) is 186 cm³/mol. The first-order chi connectivity index (χ1) is 23.3. The average Bonchev–Trinajstić information content (AvgIpc) is 3.75. The van der Waals surface area contributed by atoms with E-state index in [1.165, 1.54) is 44.4 Å². The first-order valence-electron chi connectivity index (χ1n) is 16.1. The number of rotatable bonds is 3. The SMILES string of the molecule is CCC12SSC3(C(=O)N1C)C(O)C1(C45c6ccccc6NC4N4C(=O)C6(C(C)O)SSC4(C(=O)N6C)C5O)c4ccccc4NC1N3C2=O. The predicted octanol–water partition coefficient (Wildman–Crippen LogP) is 1.08. The van der Waals surface area contributed by atoms with Crippen LogP contribution in [0.5, 0.6) is 0 Å². The zero-order valence-corrected chi connectivity index (χ0v) is 29.9. The lowest BCUT2D eigenvalue weighted by atomic mass is 9.52. The zero-order chi connectivity index (χ0) is 34.4. The van der Waals surface area contributed by atoms with E-state index in [4.69, 9.17) is 0 Å². The molecule has 10 aliphatic heterocycles. The van der Waals surface area contributed by atoms with Crippen molar-refractivity contribution < 1.29 is 34.5 Å². The molecule has 11 atom stereocenters. The number of aliphatic hydroxyl groups excluding tert-OH is 3. The van der Waals surface area contributed by atoms with Crippen LogP contribution in [0, 0.1) is 0 Å². The number of amides is 4. The van der Waals surface area contributed by atoms with E-state index in [1.807, 2.05) is 49.4 Å². The Hall–Kier alpha value is -2.80. The highest BCUT2D eigenvalue weighted by molar-refractivity contribution is 8.78. The summed E-state index contributed by atoms with van der Waals surface area (Å²) >= 11 is 0. The van der Waals surface area contributed by atoms with Crippen molar-refractivity contribution in [2.24, 2.45) is 0 Å². The lowest BCUT2D eigenvalue weighted by Crippen LogP contribution is -2.80. The van der Waals surface area contributed by atoms with Gasteiger partial charge < -0.3 is 35.8 Å². The molecule has 13 nitrogen and oxygen atoms in total. The molecule has 4 bridgehead atoms. The summed E-state index contributed by atoms with van der Waals surface area (Å²) in [4.78, 5) is 58.4. The van der Waals surface area contributed by atoms with Crippen molar-refractivity contribution in [3.05, 3.63) is 59.7 Å². The van der Waals surface area contributed by atoms with Crippen LogP contribution in [0.25, 0.3) is 0 Å². The second-order valence-corrected chi connectivity index (χ2v) is 19.3. The Kier molecular flexibility index (Phi) is 5.67. The molecule has 2 spiro atoms. The van der Waals surface area contributed by atoms with E-state index < -0.39 is 78.7 Å². The number of fused-ring (bicyclic) bond motifs is 11. The van der Waals surface area contributed by atoms with Gasteiger partial charge >= 0.3 is 0 Å². The zero-order valence-electron chi connectivity index (χ0n) is 26.6. The van der Waals surface area contributed by atoms with E-state index in [0.29, 0.717) is 28.9 Å². The molecule has 49 heavy (non-hydrogen) atoms. The van der Waals surface area contributed by atoms with Gasteiger partial charge in [0.1, 0.15) is 24.5 Å². The van der Waals surface area contributed by atoms with Gasteiger partial charge in [-0.25, -0.2) is 0 Å². The summed E-state index contributed by atoms with van der Waals surface area (Å²) in [6, 6.07) is 14.6. The summed E-state index contributed by atoms with van der Waals surface area (Å²) in [5, 5.41) is 45.0. The number of likely N-dealkylation sites (N-methyl/N-ethyl adjacent to an activating group) is 2. The molecule has 0 radical (unpaired) electrons. The maximum atomic E-state index is 15.0. The first kappa shape index (κ1) is 31.0. The van der Waals surface area contributed by atoms with Crippen molar-refractivity contribution in [1.29, 1.82) is 0 Å². The van der Waals surface area contributed by atoms with Crippen molar-refractivity contribution in [2.45, 2.75) is 81.2 Å². The fourth-order valence-electron chi connectivity index (χ4n) is 10.6. The molecule has 0 aromatic heterocycles. The number of piperazine rings is 2. The van der Waals surface area contributed by atoms with E-state index in [0.717, 1.165) is 32.4 Å². The van der Waals surface area contributed by atoms with E-state index in [-0.39, 0.29) is 5.91 Å². The third-order valence-corrected chi connectivity index (χ3v) is 20.2. The molecule has 2 aromatic rings. The normalized spacial score (nSPS) is 45.5. The van der Waals surface area contributed by atoms with Crippen LogP contribution in [-0.2, 0) is 30.0 Å². The highest BCUT2D eigenvalue weighted by atomic mass is 33.1. The van der Waals surface area contributed by atoms with E-state index in [9.17, 15) is 34.5 Å². The molecular weight excluding hydrogens is 709 g/mol. The summed E-state index contributed by atoms with van der Waals surface area (Å²) in [5.74, 6) is -1.89. The Morgan fingerprint density at radius 1 is 0.714 bits per heavy atom. The largest absolute Gasteiger partial charge is 0.389 e. The summed E-state index contributed by atoms with van der Waals surface area (Å²) in [5.41, 5.74) is -1.13. The van der Waals surface area contributed by atoms with Crippen molar-refractivity contribution in [1.82, 2.24) is 19.6 Å². The molecule has 0 aliphatic carbocycles. The maximum Gasteiger partial charge on any atom is 0.266 e. The van der Waals surface area contributed by atoms with Crippen molar-refractivity contribution in [2.75, 3.05) is 24.7 Å². The molecule has 8 fully saturated rings. The number of nitrogens with one attached hydrogen (secondary N) is 2. The van der Waals surface area contributed by atoms with Gasteiger partial charge in [0.25, 0.3) is 23.6 Å². The Morgan fingerprint density at radius 3 is 1.69 bits per heavy atom. The van der Waals surface area contributed by atoms with Crippen LogP contribution in [-0.4, -0.2) is 123 Å². The Balaban J connectivity index is 1.34. The van der Waals surface area contributed by atoms with Gasteiger partial charge in [0.05, 0.1) is 16.9 Å². The highest BCUT2D eigenvalue weighted by Crippen LogP contribution is 2.78. The van der Waals surface area contributed by atoms with Gasteiger partial charge in [0.2, 0.25) is 14.6 Å². The average molecular weight is 741 g/mol. The van der Waals surface area contributed by atoms with Crippen LogP contribution in [0.1, 0.15) is 31.4 Å². The summed E-state index contributed by atoms with van der Waals surface area (Å²) in [6.45, 7) is 3.32. The van der Waals surface area contributed by atoms with Gasteiger partial charge in [-0.3, -0.25) is 29.0 Å². The number of aliphatic hydroxyl groups is 3. The van der Waals surface area contributed by atoms with E-state index in [2.05, 4.69) is 10.6 Å². The number of carbonyl (C=O) groups excluding carboxylic acids is 4. The second kappa shape index (κ2) is 8.97. The van der Waals surface area contributed by atoms with Gasteiger partial charge in [-0.2, -0.15) is 0 Å². The minimum Gasteiger partial charge on any atom is -0.389 e. The Bertz CT molecular complexity index is 1980. The summed E-state index contributed by atoms with van der Waals surface area (Å²) < 4.78 is 0. The lowest BCUT2D eigenvalue weighted by Gasteiger charge is -2.59. The van der Waals surface area contributed by atoms with Crippen LogP contribution in [0.4, 0.5) is 11.4 Å². The number of para-hydroxylation sites is 2. The molecule has 10 heterocycles. The molecule has 2 aromatic carbocycles. The lowest BCUT2D eigenvalue weighted by molar-refractivity contribution is -0.172. The standard InChI is InChI=1S/C32H32N6O7S4/c1-5-27-23(42)37-21-28(15-10-6-8-12-17(15)33-21,19(40)31(37,48-46-27)24(43)35(27)3)29-16-11-7-9-13-18(16)34-22(29)38-26(45)30(14(2)39)36(4)25(44)32(38,20(29)41)49-47-30/h6-14,19-22,33-34,39-41H,5H2,1-4H3. The molecule has 5 N–H and O–H groups in total. The van der Waals surface area contributed by atoms with Crippen molar-refractivity contribution >= 4 is 78.2 Å². The number of nitrogens with zero attached hydrogens (tertiary/aromatic N) is 4. The fraction of sp³-hybridized carbons (Fsp3) is 0.500. The summed E-state index contributed by atoms with van der Waals surface area (Å²) in [7, 11) is 7.57. The minimum absolute atomic E-state index is 0.323. The number of anilines is 2. The second-order valence-electron chi connectivity index (χ2n) is 14.0. The molecule has 17 heteroatoms. The third-order valence-electron chi connectivity index (χ3n) is 12.7. The van der Waals surface area contributed by atoms with Gasteiger partial charge in [0.15, 0.2) is 4.87 Å². The van der Waals surface area contributed by atoms with Gasteiger partial charge in [0, 0.05) is 25.5 Å². The quantitative estimate of drug-likeness (QED) is 0.284. The van der Waals surface area contributed by atoms with E-state index in [1.54, 1.807) is 13.1 Å². The summed E-state index contributed by atoms with van der Waals surface area (Å²) in [6.07, 6.45) is -6.48. The van der Waals surface area contributed by atoms with Crippen molar-refractivity contribution in [3.63, 3.8) is 0 Å². The molecule has 10 aliphatic rings. The van der Waals surface area contributed by atoms with Gasteiger partial charge in [-0.05, 0) is 69.0 Å². The van der Waals surface area contributed by atoms with Crippen LogP contribution in [0.2, 0.25) is 0 Å². The van der Waals surface area contributed by atoms with Crippen LogP contribution in [0.15, 0.2) is 48.5 Å². The smallest absolute Gasteiger partial charge is 0.266 e.